The quantitative estimate of drug-likeness (QED) is 0.918. The normalized spacial score (nSPS) is 17.6. The Morgan fingerprint density at radius 3 is 2.52 bits per heavy atom. The summed E-state index contributed by atoms with van der Waals surface area (Å²) in [5.74, 6) is 0.412. The van der Waals surface area contributed by atoms with E-state index in [1.54, 1.807) is 24.5 Å². The van der Waals surface area contributed by atoms with Crippen molar-refractivity contribution >= 4 is 17.5 Å². The second-order valence-corrected chi connectivity index (χ2v) is 5.35. The number of halogens is 4. The molecule has 0 saturated carbocycles. The first-order valence-corrected chi connectivity index (χ1v) is 6.73. The molecule has 0 bridgehead atoms. The Hall–Kier alpha value is -1.82. The van der Waals surface area contributed by atoms with Crippen LogP contribution < -0.4 is 5.32 Å². The van der Waals surface area contributed by atoms with E-state index in [0.29, 0.717) is 23.5 Å². The van der Waals surface area contributed by atoms with Crippen LogP contribution in [0.5, 0.6) is 0 Å². The SMILES string of the molecule is FC(F)(F)c1cc(Cl)cc2c1CC(Nc1ncccn1)C2. The van der Waals surface area contributed by atoms with Gasteiger partial charge in [-0.25, -0.2) is 9.97 Å². The predicted molar refractivity (Wildman–Crippen MR) is 73.3 cm³/mol. The van der Waals surface area contributed by atoms with E-state index in [2.05, 4.69) is 15.3 Å². The van der Waals surface area contributed by atoms with Crippen molar-refractivity contribution in [3.8, 4) is 0 Å². The lowest BCUT2D eigenvalue weighted by molar-refractivity contribution is -0.138. The number of aromatic nitrogens is 2. The standard InChI is InChI=1S/C14H11ClF3N3/c15-9-4-8-5-10(21-13-19-2-1-3-20-13)7-11(8)12(6-9)14(16,17)18/h1-4,6,10H,5,7H2,(H,19,20,21). The van der Waals surface area contributed by atoms with Crippen LogP contribution in [-0.2, 0) is 19.0 Å². The third-order valence-electron chi connectivity index (χ3n) is 3.43. The maximum Gasteiger partial charge on any atom is 0.416 e. The first kappa shape index (κ1) is 14.1. The number of benzene rings is 1. The largest absolute Gasteiger partial charge is 0.416 e. The maximum absolute atomic E-state index is 13.1. The minimum atomic E-state index is -4.40. The zero-order chi connectivity index (χ0) is 15.0. The van der Waals surface area contributed by atoms with Crippen LogP contribution in [-0.4, -0.2) is 16.0 Å². The molecule has 0 radical (unpaired) electrons. The van der Waals surface area contributed by atoms with E-state index in [0.717, 1.165) is 6.07 Å². The van der Waals surface area contributed by atoms with Crippen LogP contribution in [0.15, 0.2) is 30.6 Å². The van der Waals surface area contributed by atoms with E-state index in [-0.39, 0.29) is 17.5 Å². The van der Waals surface area contributed by atoms with E-state index in [1.165, 1.54) is 0 Å². The van der Waals surface area contributed by atoms with Gasteiger partial charge in [-0.2, -0.15) is 13.2 Å². The smallest absolute Gasteiger partial charge is 0.351 e. The number of anilines is 1. The molecule has 1 aromatic heterocycles. The zero-order valence-electron chi connectivity index (χ0n) is 10.8. The fourth-order valence-electron chi connectivity index (χ4n) is 2.61. The summed E-state index contributed by atoms with van der Waals surface area (Å²) in [5, 5.41) is 3.16. The van der Waals surface area contributed by atoms with Crippen LogP contribution in [0.1, 0.15) is 16.7 Å². The van der Waals surface area contributed by atoms with Crippen LogP contribution in [0.3, 0.4) is 0 Å². The molecule has 0 spiro atoms. The molecule has 1 aliphatic carbocycles. The van der Waals surface area contributed by atoms with Gasteiger partial charge in [0.2, 0.25) is 5.95 Å². The van der Waals surface area contributed by atoms with Crippen LogP contribution in [0.2, 0.25) is 5.02 Å². The minimum Gasteiger partial charge on any atom is -0.351 e. The molecule has 1 aliphatic rings. The molecular weight excluding hydrogens is 303 g/mol. The highest BCUT2D eigenvalue weighted by molar-refractivity contribution is 6.30. The Morgan fingerprint density at radius 2 is 1.86 bits per heavy atom. The summed E-state index contributed by atoms with van der Waals surface area (Å²) in [7, 11) is 0. The summed E-state index contributed by atoms with van der Waals surface area (Å²) in [6.45, 7) is 0. The molecule has 1 atom stereocenters. The molecule has 1 N–H and O–H groups in total. The lowest BCUT2D eigenvalue weighted by Gasteiger charge is -2.13. The topological polar surface area (TPSA) is 37.8 Å². The Bertz CT molecular complexity index is 659. The number of fused-ring (bicyclic) bond motifs is 1. The molecule has 3 nitrogen and oxygen atoms in total. The molecule has 21 heavy (non-hydrogen) atoms. The van der Waals surface area contributed by atoms with Crippen LogP contribution in [0.25, 0.3) is 0 Å². The van der Waals surface area contributed by atoms with Gasteiger partial charge < -0.3 is 5.32 Å². The molecule has 1 heterocycles. The molecule has 0 aliphatic heterocycles. The second kappa shape index (κ2) is 5.18. The predicted octanol–water partition coefficient (Wildman–Crippen LogP) is 3.73. The number of hydrogen-bond acceptors (Lipinski definition) is 3. The summed E-state index contributed by atoms with van der Waals surface area (Å²) in [6, 6.07) is 4.10. The maximum atomic E-state index is 13.1. The average molecular weight is 314 g/mol. The average Bonchev–Trinajstić information content (AvgIpc) is 2.79. The van der Waals surface area contributed by atoms with Crippen LogP contribution in [0.4, 0.5) is 19.1 Å². The van der Waals surface area contributed by atoms with Gasteiger partial charge in [-0.1, -0.05) is 11.6 Å². The second-order valence-electron chi connectivity index (χ2n) is 4.91. The highest BCUT2D eigenvalue weighted by Gasteiger charge is 2.37. The van der Waals surface area contributed by atoms with Crippen molar-refractivity contribution in [2.24, 2.45) is 0 Å². The van der Waals surface area contributed by atoms with Gasteiger partial charge in [0.1, 0.15) is 0 Å². The van der Waals surface area contributed by atoms with Gasteiger partial charge in [-0.3, -0.25) is 0 Å². The van der Waals surface area contributed by atoms with Crippen molar-refractivity contribution in [3.05, 3.63) is 52.3 Å². The van der Waals surface area contributed by atoms with Crippen molar-refractivity contribution < 1.29 is 13.2 Å². The Labute approximate surface area is 124 Å². The van der Waals surface area contributed by atoms with Crippen molar-refractivity contribution in [1.29, 1.82) is 0 Å². The molecule has 0 fully saturated rings. The van der Waals surface area contributed by atoms with Gasteiger partial charge >= 0.3 is 6.18 Å². The van der Waals surface area contributed by atoms with Crippen molar-refractivity contribution in [2.75, 3.05) is 5.32 Å². The summed E-state index contributed by atoms with van der Waals surface area (Å²) in [5.41, 5.74) is 0.284. The Morgan fingerprint density at radius 1 is 1.14 bits per heavy atom. The third kappa shape index (κ3) is 2.95. The van der Waals surface area contributed by atoms with E-state index in [9.17, 15) is 13.2 Å². The Kier molecular flexibility index (Phi) is 3.49. The van der Waals surface area contributed by atoms with Gasteiger partial charge in [0, 0.05) is 23.5 Å². The van der Waals surface area contributed by atoms with Crippen LogP contribution in [0, 0.1) is 0 Å². The Balaban J connectivity index is 1.87. The molecule has 1 aromatic carbocycles. The van der Waals surface area contributed by atoms with Crippen molar-refractivity contribution in [2.45, 2.75) is 25.1 Å². The molecule has 7 heteroatoms. The molecule has 0 saturated heterocycles. The summed E-state index contributed by atoms with van der Waals surface area (Å²) >= 11 is 5.80. The first-order valence-electron chi connectivity index (χ1n) is 6.35. The molecule has 1 unspecified atom stereocenters. The van der Waals surface area contributed by atoms with Crippen LogP contribution >= 0.6 is 11.6 Å². The number of nitrogens with zero attached hydrogens (tertiary/aromatic N) is 2. The molecule has 110 valence electrons. The van der Waals surface area contributed by atoms with E-state index in [4.69, 9.17) is 11.6 Å². The molecule has 2 aromatic rings. The third-order valence-corrected chi connectivity index (χ3v) is 3.65. The van der Waals surface area contributed by atoms with E-state index >= 15 is 0 Å². The van der Waals surface area contributed by atoms with Gasteiger partial charge in [0.05, 0.1) is 5.56 Å². The number of alkyl halides is 3. The monoisotopic (exact) mass is 313 g/mol. The summed E-state index contributed by atoms with van der Waals surface area (Å²) < 4.78 is 39.2. The zero-order valence-corrected chi connectivity index (χ0v) is 11.5. The summed E-state index contributed by atoms with van der Waals surface area (Å²) in [4.78, 5) is 8.05. The summed E-state index contributed by atoms with van der Waals surface area (Å²) in [6.07, 6.45) is -0.491. The lowest BCUT2D eigenvalue weighted by Crippen LogP contribution is -2.21. The van der Waals surface area contributed by atoms with Gasteiger partial charge in [0.25, 0.3) is 0 Å². The molecular formula is C14H11ClF3N3. The first-order chi connectivity index (χ1) is 9.93. The van der Waals surface area contributed by atoms with Crippen molar-refractivity contribution in [1.82, 2.24) is 9.97 Å². The van der Waals surface area contributed by atoms with Gasteiger partial charge in [-0.05, 0) is 42.2 Å². The fraction of sp³-hybridized carbons (Fsp3) is 0.286. The lowest BCUT2D eigenvalue weighted by atomic mass is 10.0. The highest BCUT2D eigenvalue weighted by Crippen LogP contribution is 2.39. The van der Waals surface area contributed by atoms with Crippen molar-refractivity contribution in [3.63, 3.8) is 0 Å². The fourth-order valence-corrected chi connectivity index (χ4v) is 2.85. The minimum absolute atomic E-state index is 0.109. The number of nitrogens with one attached hydrogen (secondary N) is 1. The van der Waals surface area contributed by atoms with Gasteiger partial charge in [0.15, 0.2) is 0 Å². The number of rotatable bonds is 2. The van der Waals surface area contributed by atoms with Gasteiger partial charge in [-0.15, -0.1) is 0 Å². The highest BCUT2D eigenvalue weighted by atomic mass is 35.5. The van der Waals surface area contributed by atoms with E-state index < -0.39 is 11.7 Å². The number of hydrogen-bond donors (Lipinski definition) is 1. The molecule has 0 amide bonds. The van der Waals surface area contributed by atoms with E-state index in [1.807, 2.05) is 0 Å². The molecule has 3 rings (SSSR count).